The van der Waals surface area contributed by atoms with Gasteiger partial charge in [0.1, 0.15) is 0 Å². The number of carbonyl (C=O) groups is 2. The maximum absolute atomic E-state index is 12.1. The molecule has 0 saturated heterocycles. The van der Waals surface area contributed by atoms with Gasteiger partial charge in [0.2, 0.25) is 11.6 Å². The van der Waals surface area contributed by atoms with Gasteiger partial charge >= 0.3 is 0 Å². The van der Waals surface area contributed by atoms with Crippen LogP contribution in [-0.2, 0) is 0 Å². The SMILES string of the molecule is CSc1ccc(C(=O)C(=O)c2ccccc2Cl)cc1. The smallest absolute Gasteiger partial charge is 0.235 e. The fourth-order valence-electron chi connectivity index (χ4n) is 1.64. The number of rotatable bonds is 4. The molecule has 0 aliphatic carbocycles. The number of hydrogen-bond donors (Lipinski definition) is 0. The minimum absolute atomic E-state index is 0.239. The molecule has 0 atom stereocenters. The number of ketones is 2. The van der Waals surface area contributed by atoms with Crippen LogP contribution >= 0.6 is 23.4 Å². The lowest BCUT2D eigenvalue weighted by molar-refractivity contribution is 0.0817. The van der Waals surface area contributed by atoms with E-state index >= 15 is 0 Å². The molecule has 0 heterocycles. The van der Waals surface area contributed by atoms with Crippen molar-refractivity contribution in [3.63, 3.8) is 0 Å². The van der Waals surface area contributed by atoms with E-state index in [2.05, 4.69) is 0 Å². The summed E-state index contributed by atoms with van der Waals surface area (Å²) in [6.45, 7) is 0. The Kier molecular flexibility index (Phi) is 4.40. The van der Waals surface area contributed by atoms with E-state index in [-0.39, 0.29) is 5.56 Å². The molecular formula is C15H11ClO2S. The van der Waals surface area contributed by atoms with Gasteiger partial charge in [0.25, 0.3) is 0 Å². The van der Waals surface area contributed by atoms with Gasteiger partial charge in [-0.25, -0.2) is 0 Å². The number of Topliss-reactive ketones (excluding diaryl/α,β-unsaturated/α-hetero) is 2. The maximum Gasteiger partial charge on any atom is 0.235 e. The Balaban J connectivity index is 2.28. The Hall–Kier alpha value is -1.58. The summed E-state index contributed by atoms with van der Waals surface area (Å²) in [5.41, 5.74) is 0.617. The zero-order valence-electron chi connectivity index (χ0n) is 10.2. The van der Waals surface area contributed by atoms with E-state index in [9.17, 15) is 9.59 Å². The van der Waals surface area contributed by atoms with Gasteiger partial charge in [0, 0.05) is 16.0 Å². The number of benzene rings is 2. The zero-order chi connectivity index (χ0) is 13.8. The molecule has 0 spiro atoms. The zero-order valence-corrected chi connectivity index (χ0v) is 11.8. The Labute approximate surface area is 120 Å². The molecule has 0 aliphatic heterocycles. The number of carbonyl (C=O) groups excluding carboxylic acids is 2. The molecule has 0 amide bonds. The van der Waals surface area contributed by atoms with E-state index in [0.717, 1.165) is 4.90 Å². The molecule has 0 aliphatic rings. The molecule has 0 saturated carbocycles. The average Bonchev–Trinajstić information content (AvgIpc) is 2.46. The summed E-state index contributed by atoms with van der Waals surface area (Å²) in [6.07, 6.45) is 1.95. The molecule has 4 heteroatoms. The maximum atomic E-state index is 12.1. The molecule has 0 radical (unpaired) electrons. The minimum atomic E-state index is -0.581. The highest BCUT2D eigenvalue weighted by atomic mass is 35.5. The fraction of sp³-hybridized carbons (Fsp3) is 0.0667. The number of hydrogen-bond acceptors (Lipinski definition) is 3. The van der Waals surface area contributed by atoms with E-state index in [0.29, 0.717) is 10.6 Å². The van der Waals surface area contributed by atoms with Gasteiger partial charge in [-0.3, -0.25) is 9.59 Å². The molecule has 2 rings (SSSR count). The first-order valence-electron chi connectivity index (χ1n) is 5.61. The summed E-state index contributed by atoms with van der Waals surface area (Å²) in [5.74, 6) is -1.12. The third kappa shape index (κ3) is 3.06. The third-order valence-electron chi connectivity index (χ3n) is 2.68. The normalized spacial score (nSPS) is 10.2. The van der Waals surface area contributed by atoms with Crippen LogP contribution in [0.1, 0.15) is 20.7 Å². The van der Waals surface area contributed by atoms with E-state index in [1.807, 2.05) is 18.4 Å². The second-order valence-electron chi connectivity index (χ2n) is 3.87. The van der Waals surface area contributed by atoms with Gasteiger partial charge in [0.15, 0.2) is 0 Å². The first-order valence-corrected chi connectivity index (χ1v) is 7.21. The predicted molar refractivity (Wildman–Crippen MR) is 78.3 cm³/mol. The molecular weight excluding hydrogens is 280 g/mol. The molecule has 96 valence electrons. The van der Waals surface area contributed by atoms with Crippen LogP contribution in [0.25, 0.3) is 0 Å². The number of halogens is 1. The molecule has 19 heavy (non-hydrogen) atoms. The van der Waals surface area contributed by atoms with Crippen molar-refractivity contribution in [1.82, 2.24) is 0 Å². The highest BCUT2D eigenvalue weighted by Crippen LogP contribution is 2.19. The van der Waals surface area contributed by atoms with Crippen LogP contribution in [0, 0.1) is 0 Å². The van der Waals surface area contributed by atoms with E-state index < -0.39 is 11.6 Å². The molecule has 0 fully saturated rings. The largest absolute Gasteiger partial charge is 0.285 e. The molecule has 0 unspecified atom stereocenters. The molecule has 2 aromatic rings. The van der Waals surface area contributed by atoms with E-state index in [4.69, 9.17) is 11.6 Å². The summed E-state index contributed by atoms with van der Waals surface area (Å²) in [6, 6.07) is 13.5. The Bertz CT molecular complexity index is 620. The predicted octanol–water partition coefficient (Wildman–Crippen LogP) is 4.13. The fourth-order valence-corrected chi connectivity index (χ4v) is 2.27. The van der Waals surface area contributed by atoms with Gasteiger partial charge in [-0.1, -0.05) is 23.7 Å². The molecule has 0 bridgehead atoms. The van der Waals surface area contributed by atoms with Crippen molar-refractivity contribution >= 4 is 34.9 Å². The van der Waals surface area contributed by atoms with E-state index in [1.165, 1.54) is 0 Å². The van der Waals surface area contributed by atoms with Crippen molar-refractivity contribution in [3.05, 3.63) is 64.7 Å². The number of thioether (sulfide) groups is 1. The summed E-state index contributed by atoms with van der Waals surface area (Å²) >= 11 is 7.50. The van der Waals surface area contributed by atoms with Crippen LogP contribution in [-0.4, -0.2) is 17.8 Å². The lowest BCUT2D eigenvalue weighted by Gasteiger charge is -2.03. The lowest BCUT2D eigenvalue weighted by Crippen LogP contribution is -2.14. The summed E-state index contributed by atoms with van der Waals surface area (Å²) < 4.78 is 0. The van der Waals surface area contributed by atoms with Crippen molar-refractivity contribution in [1.29, 1.82) is 0 Å². The highest BCUT2D eigenvalue weighted by Gasteiger charge is 2.20. The molecule has 0 aromatic heterocycles. The standard InChI is InChI=1S/C15H11ClO2S/c1-19-11-8-6-10(7-9-11)14(17)15(18)12-4-2-3-5-13(12)16/h2-9H,1H3. The molecule has 2 nitrogen and oxygen atoms in total. The van der Waals surface area contributed by atoms with Gasteiger partial charge in [-0.2, -0.15) is 0 Å². The van der Waals surface area contributed by atoms with Gasteiger partial charge in [-0.15, -0.1) is 11.8 Å². The summed E-state index contributed by atoms with van der Waals surface area (Å²) in [5, 5.41) is 0.293. The quantitative estimate of drug-likeness (QED) is 0.482. The average molecular weight is 291 g/mol. The van der Waals surface area contributed by atoms with Crippen LogP contribution in [0.4, 0.5) is 0 Å². The van der Waals surface area contributed by atoms with Crippen molar-refractivity contribution < 1.29 is 9.59 Å². The third-order valence-corrected chi connectivity index (χ3v) is 3.75. The molecule has 0 N–H and O–H groups in total. The van der Waals surface area contributed by atoms with Crippen molar-refractivity contribution in [3.8, 4) is 0 Å². The second-order valence-corrected chi connectivity index (χ2v) is 5.15. The first-order chi connectivity index (χ1) is 9.13. The van der Waals surface area contributed by atoms with Gasteiger partial charge in [0.05, 0.1) is 5.02 Å². The highest BCUT2D eigenvalue weighted by molar-refractivity contribution is 7.98. The Morgan fingerprint density at radius 1 is 0.947 bits per heavy atom. The summed E-state index contributed by atoms with van der Waals surface area (Å²) in [4.78, 5) is 25.2. The van der Waals surface area contributed by atoms with Crippen LogP contribution in [0.3, 0.4) is 0 Å². The first kappa shape index (κ1) is 13.8. The van der Waals surface area contributed by atoms with Gasteiger partial charge in [-0.05, 0) is 42.7 Å². The second kappa shape index (κ2) is 6.04. The topological polar surface area (TPSA) is 34.1 Å². The van der Waals surface area contributed by atoms with Crippen LogP contribution < -0.4 is 0 Å². The van der Waals surface area contributed by atoms with Crippen LogP contribution in [0.15, 0.2) is 53.4 Å². The Morgan fingerprint density at radius 3 is 2.16 bits per heavy atom. The van der Waals surface area contributed by atoms with Crippen molar-refractivity contribution in [2.24, 2.45) is 0 Å². The lowest BCUT2D eigenvalue weighted by atomic mass is 10.0. The summed E-state index contributed by atoms with van der Waals surface area (Å²) in [7, 11) is 0. The van der Waals surface area contributed by atoms with Gasteiger partial charge < -0.3 is 0 Å². The van der Waals surface area contributed by atoms with Crippen LogP contribution in [0.5, 0.6) is 0 Å². The van der Waals surface area contributed by atoms with Crippen molar-refractivity contribution in [2.45, 2.75) is 4.90 Å². The van der Waals surface area contributed by atoms with E-state index in [1.54, 1.807) is 48.2 Å². The monoisotopic (exact) mass is 290 g/mol. The van der Waals surface area contributed by atoms with Crippen LogP contribution in [0.2, 0.25) is 5.02 Å². The van der Waals surface area contributed by atoms with Crippen molar-refractivity contribution in [2.75, 3.05) is 6.26 Å². The minimum Gasteiger partial charge on any atom is -0.285 e. The molecule has 2 aromatic carbocycles. The Morgan fingerprint density at radius 2 is 1.58 bits per heavy atom.